The maximum absolute atomic E-state index is 2.61. The Kier molecular flexibility index (Phi) is 11.2. The van der Waals surface area contributed by atoms with Crippen molar-refractivity contribution >= 4 is 27.7 Å². The summed E-state index contributed by atoms with van der Waals surface area (Å²) < 4.78 is 0. The van der Waals surface area contributed by atoms with Crippen LogP contribution >= 0.6 is 0 Å². The third-order valence-electron chi connectivity index (χ3n) is 15.5. The molecule has 11 aromatic rings. The number of benzene rings is 11. The van der Waals surface area contributed by atoms with Gasteiger partial charge >= 0.3 is 0 Å². The predicted octanol–water partition coefficient (Wildman–Crippen LogP) is 18.7. The van der Waals surface area contributed by atoms with Crippen LogP contribution in [0.15, 0.2) is 297 Å². The second-order valence-electron chi connectivity index (χ2n) is 19.6. The van der Waals surface area contributed by atoms with E-state index in [0.29, 0.717) is 0 Å². The van der Waals surface area contributed by atoms with E-state index in [0.717, 1.165) is 11.4 Å². The van der Waals surface area contributed by atoms with E-state index >= 15 is 0 Å². The first-order valence-electron chi connectivity index (χ1n) is 25.6. The minimum absolute atomic E-state index is 0.0370. The Morgan fingerprint density at radius 2 is 0.767 bits per heavy atom. The van der Waals surface area contributed by atoms with Crippen molar-refractivity contribution in [3.63, 3.8) is 0 Å². The molecular weight excluding hydrogens is 879 g/mol. The topological polar surface area (TPSA) is 3.24 Å². The lowest BCUT2D eigenvalue weighted by Gasteiger charge is -2.44. The molecule has 0 bridgehead atoms. The Labute approximate surface area is 429 Å². The van der Waals surface area contributed by atoms with Gasteiger partial charge in [0.15, 0.2) is 0 Å². The zero-order valence-electron chi connectivity index (χ0n) is 40.8. The van der Waals surface area contributed by atoms with Gasteiger partial charge in [0.05, 0.1) is 11.5 Å². The first kappa shape index (κ1) is 43.9. The van der Waals surface area contributed by atoms with Crippen LogP contribution in [0.3, 0.4) is 0 Å². The zero-order chi connectivity index (χ0) is 48.7. The molecule has 11 aromatic carbocycles. The van der Waals surface area contributed by atoms with Gasteiger partial charge in [0, 0.05) is 17.3 Å². The van der Waals surface area contributed by atoms with Crippen LogP contribution in [0.25, 0.3) is 72.0 Å². The highest BCUT2D eigenvalue weighted by Gasteiger charge is 2.51. The Morgan fingerprint density at radius 1 is 0.329 bits per heavy atom. The van der Waals surface area contributed by atoms with E-state index in [1.54, 1.807) is 0 Å². The minimum Gasteiger partial charge on any atom is -0.334 e. The molecule has 0 saturated carbocycles. The van der Waals surface area contributed by atoms with Crippen molar-refractivity contribution < 1.29 is 0 Å². The molecule has 2 aliphatic rings. The van der Waals surface area contributed by atoms with Gasteiger partial charge in [-0.25, -0.2) is 0 Å². The average Bonchev–Trinajstić information content (AvgIpc) is 3.78. The van der Waals surface area contributed by atoms with Crippen molar-refractivity contribution in [3.8, 4) is 55.6 Å². The maximum Gasteiger partial charge on any atom is 0.0679 e. The molecule has 13 rings (SSSR count). The molecule has 2 aliphatic carbocycles. The molecule has 1 nitrogen and oxygen atoms in total. The molecule has 0 N–H and O–H groups in total. The third kappa shape index (κ3) is 7.82. The van der Waals surface area contributed by atoms with Crippen molar-refractivity contribution in [1.29, 1.82) is 0 Å². The lowest BCUT2D eigenvalue weighted by Crippen LogP contribution is -2.42. The van der Waals surface area contributed by atoms with Crippen molar-refractivity contribution in [1.82, 2.24) is 0 Å². The van der Waals surface area contributed by atoms with Gasteiger partial charge in [0.1, 0.15) is 0 Å². The molecule has 0 aromatic heterocycles. The van der Waals surface area contributed by atoms with E-state index in [1.807, 2.05) is 0 Å². The molecule has 0 radical (unpaired) electrons. The smallest absolute Gasteiger partial charge is 0.0679 e. The highest BCUT2D eigenvalue weighted by molar-refractivity contribution is 5.93. The maximum atomic E-state index is 2.61. The highest BCUT2D eigenvalue weighted by Crippen LogP contribution is 2.59. The van der Waals surface area contributed by atoms with E-state index in [1.165, 1.54) is 99.8 Å². The molecule has 73 heavy (non-hydrogen) atoms. The van der Waals surface area contributed by atoms with Crippen LogP contribution in [0, 0.1) is 5.92 Å². The Balaban J connectivity index is 0.919. The summed E-state index contributed by atoms with van der Waals surface area (Å²) in [6, 6.07) is 103. The van der Waals surface area contributed by atoms with Crippen LogP contribution in [-0.4, -0.2) is 6.04 Å². The number of anilines is 2. The summed E-state index contributed by atoms with van der Waals surface area (Å²) >= 11 is 0. The van der Waals surface area contributed by atoms with Crippen LogP contribution in [-0.2, 0) is 5.41 Å². The van der Waals surface area contributed by atoms with E-state index in [4.69, 9.17) is 0 Å². The summed E-state index contributed by atoms with van der Waals surface area (Å²) in [7, 11) is 0. The lowest BCUT2D eigenvalue weighted by molar-refractivity contribution is 0.522. The molecular formula is C72H53N. The average molecular weight is 932 g/mol. The van der Waals surface area contributed by atoms with Crippen LogP contribution in [0.5, 0.6) is 0 Å². The first-order valence-corrected chi connectivity index (χ1v) is 25.6. The van der Waals surface area contributed by atoms with Gasteiger partial charge < -0.3 is 4.90 Å². The second kappa shape index (κ2) is 18.6. The van der Waals surface area contributed by atoms with E-state index < -0.39 is 5.41 Å². The van der Waals surface area contributed by atoms with Gasteiger partial charge in [-0.1, -0.05) is 256 Å². The van der Waals surface area contributed by atoms with Crippen molar-refractivity contribution in [3.05, 3.63) is 319 Å². The molecule has 0 aliphatic heterocycles. The fourth-order valence-corrected chi connectivity index (χ4v) is 12.1. The van der Waals surface area contributed by atoms with Gasteiger partial charge in [-0.2, -0.15) is 0 Å². The number of nitrogens with zero attached hydrogens (tertiary/aromatic N) is 1. The second-order valence-corrected chi connectivity index (χ2v) is 19.6. The van der Waals surface area contributed by atoms with E-state index in [9.17, 15) is 0 Å². The highest BCUT2D eigenvalue weighted by atomic mass is 15.2. The van der Waals surface area contributed by atoms with Crippen LogP contribution in [0.2, 0.25) is 0 Å². The van der Waals surface area contributed by atoms with Crippen LogP contribution < -0.4 is 4.90 Å². The monoisotopic (exact) mass is 931 g/mol. The van der Waals surface area contributed by atoms with Gasteiger partial charge in [-0.05, 0) is 142 Å². The zero-order valence-corrected chi connectivity index (χ0v) is 40.8. The summed E-state index contributed by atoms with van der Waals surface area (Å²) in [5.41, 5.74) is 21.8. The molecule has 0 amide bonds. The SMILES string of the molecule is CC1C2=C(C=CC1N(c1ccc(-c3ccc(-c4cccc(-c5ccc6ccccc6c5)c4)cc3)cc1)c1cc(-c3ccccc3)cc(-c3ccccc3)c1)c1ccccc1C2(c1ccccc1)c1ccccc1. The molecule has 2 unspecified atom stereocenters. The summed E-state index contributed by atoms with van der Waals surface area (Å²) in [6.07, 6.45) is 4.91. The fraction of sp³-hybridized carbons (Fsp3) is 0.0556. The molecule has 0 saturated heterocycles. The number of rotatable bonds is 10. The summed E-state index contributed by atoms with van der Waals surface area (Å²) in [5, 5.41) is 2.51. The van der Waals surface area contributed by atoms with Gasteiger partial charge in [-0.15, -0.1) is 0 Å². The number of hydrogen-bond donors (Lipinski definition) is 0. The van der Waals surface area contributed by atoms with Crippen molar-refractivity contribution in [2.24, 2.45) is 5.92 Å². The van der Waals surface area contributed by atoms with Crippen molar-refractivity contribution in [2.45, 2.75) is 18.4 Å². The molecule has 1 heteroatoms. The van der Waals surface area contributed by atoms with Gasteiger partial charge in [-0.3, -0.25) is 0 Å². The minimum atomic E-state index is -0.489. The van der Waals surface area contributed by atoms with Crippen LogP contribution in [0.4, 0.5) is 11.4 Å². The summed E-state index contributed by atoms with van der Waals surface area (Å²) in [5.74, 6) is 0.0836. The van der Waals surface area contributed by atoms with Gasteiger partial charge in [0.2, 0.25) is 0 Å². The molecule has 0 heterocycles. The number of allylic oxidation sites excluding steroid dienone is 2. The number of fused-ring (bicyclic) bond motifs is 3. The predicted molar refractivity (Wildman–Crippen MR) is 308 cm³/mol. The molecule has 346 valence electrons. The molecule has 0 fully saturated rings. The lowest BCUT2D eigenvalue weighted by atomic mass is 9.62. The number of hydrogen-bond acceptors (Lipinski definition) is 1. The van der Waals surface area contributed by atoms with Crippen LogP contribution in [0.1, 0.15) is 29.2 Å². The normalized spacial score (nSPS) is 15.5. The van der Waals surface area contributed by atoms with E-state index in [2.05, 4.69) is 303 Å². The third-order valence-corrected chi connectivity index (χ3v) is 15.5. The summed E-state index contributed by atoms with van der Waals surface area (Å²) in [4.78, 5) is 2.61. The molecule has 0 spiro atoms. The Morgan fingerprint density at radius 3 is 1.38 bits per heavy atom. The quantitative estimate of drug-likeness (QED) is 0.132. The van der Waals surface area contributed by atoms with Gasteiger partial charge in [0.25, 0.3) is 0 Å². The first-order chi connectivity index (χ1) is 36.1. The summed E-state index contributed by atoms with van der Waals surface area (Å²) in [6.45, 7) is 2.47. The van der Waals surface area contributed by atoms with E-state index in [-0.39, 0.29) is 12.0 Å². The largest absolute Gasteiger partial charge is 0.334 e. The Hall–Kier alpha value is -9.04. The van der Waals surface area contributed by atoms with Crippen molar-refractivity contribution in [2.75, 3.05) is 4.90 Å². The fourth-order valence-electron chi connectivity index (χ4n) is 12.1. The molecule has 2 atom stereocenters. The Bertz CT molecular complexity index is 3740. The standard InChI is InChI=1S/C72H53N/c1-50-70(44-43-68-67-31-16-17-32-69(67)72(71(50)68,63-27-10-4-11-28-63)64-29-12-5-13-30-64)73(66-48-61(51-19-6-2-7-20-51)47-62(49-66)52-21-8-3-9-22-52)65-41-39-55(40-42-65)54-33-35-56(36-34-54)58-25-18-26-59(45-58)60-38-37-53-23-14-15-24-57(53)46-60/h2-50,70H,1H3.